The average Bonchev–Trinajstić information content (AvgIpc) is 3.50. The topological polar surface area (TPSA) is 121 Å². The molecule has 0 saturated heterocycles. The van der Waals surface area contributed by atoms with Crippen LogP contribution in [0.2, 0.25) is 0 Å². The van der Waals surface area contributed by atoms with E-state index < -0.39 is 0 Å². The number of nitrogens with zero attached hydrogens (tertiary/aromatic N) is 2. The smallest absolute Gasteiger partial charge is 0.224 e. The van der Waals surface area contributed by atoms with E-state index in [-0.39, 0.29) is 5.91 Å². The number of carbonyl (C=O) groups is 1. The van der Waals surface area contributed by atoms with Gasteiger partial charge < -0.3 is 30.6 Å². The third-order valence-corrected chi connectivity index (χ3v) is 7.01. The number of methoxy groups -OCH3 is 3. The summed E-state index contributed by atoms with van der Waals surface area (Å²) >= 11 is 2.88. The van der Waals surface area contributed by atoms with Crippen molar-refractivity contribution in [1.29, 1.82) is 0 Å². The Hall–Kier alpha value is -3.83. The molecule has 2 aromatic heterocycles. The zero-order chi connectivity index (χ0) is 24.9. The van der Waals surface area contributed by atoms with Crippen molar-refractivity contribution in [3.05, 3.63) is 41.8 Å². The summed E-state index contributed by atoms with van der Waals surface area (Å²) in [5.41, 5.74) is 9.38. The molecule has 0 atom stereocenters. The lowest BCUT2D eigenvalue weighted by atomic mass is 10.1. The van der Waals surface area contributed by atoms with Crippen LogP contribution in [-0.2, 0) is 4.79 Å². The number of nitrogens with one attached hydrogen (secondary N) is 2. The summed E-state index contributed by atoms with van der Waals surface area (Å²) < 4.78 is 16.2. The second-order valence-electron chi connectivity index (χ2n) is 7.29. The van der Waals surface area contributed by atoms with Gasteiger partial charge in [-0.3, -0.25) is 4.79 Å². The summed E-state index contributed by atoms with van der Waals surface area (Å²) in [5.74, 6) is 1.91. The number of anilines is 4. The molecule has 0 bridgehead atoms. The van der Waals surface area contributed by atoms with Crippen molar-refractivity contribution in [3.8, 4) is 38.4 Å². The minimum atomic E-state index is -0.0364. The van der Waals surface area contributed by atoms with Gasteiger partial charge in [-0.05, 0) is 12.1 Å². The number of nitrogens with two attached hydrogens (primary N) is 1. The maximum absolute atomic E-state index is 11.7. The fourth-order valence-corrected chi connectivity index (χ4v) is 5.17. The first-order valence-electron chi connectivity index (χ1n) is 10.6. The minimum absolute atomic E-state index is 0.0364. The number of benzene rings is 2. The van der Waals surface area contributed by atoms with E-state index >= 15 is 0 Å². The second kappa shape index (κ2) is 10.6. The molecule has 1 amide bonds. The predicted octanol–water partition coefficient (Wildman–Crippen LogP) is 5.63. The second-order valence-corrected chi connectivity index (χ2v) is 9.15. The van der Waals surface area contributed by atoms with Crippen LogP contribution >= 0.6 is 22.7 Å². The lowest BCUT2D eigenvalue weighted by molar-refractivity contribution is -0.115. The largest absolute Gasteiger partial charge is 0.493 e. The van der Waals surface area contributed by atoms with Gasteiger partial charge in [-0.2, -0.15) is 0 Å². The number of hydrogen-bond acceptors (Lipinski definition) is 10. The molecule has 4 rings (SSSR count). The molecule has 0 radical (unpaired) electrons. The molecule has 0 unspecified atom stereocenters. The summed E-state index contributed by atoms with van der Waals surface area (Å²) in [4.78, 5) is 21.7. The highest BCUT2D eigenvalue weighted by molar-refractivity contribution is 7.23. The predicted molar refractivity (Wildman–Crippen MR) is 141 cm³/mol. The van der Waals surface area contributed by atoms with Crippen LogP contribution in [-0.4, -0.2) is 37.2 Å². The monoisotopic (exact) mass is 511 g/mol. The van der Waals surface area contributed by atoms with Gasteiger partial charge in [0.05, 0.1) is 27.0 Å². The zero-order valence-electron chi connectivity index (χ0n) is 19.7. The number of thiazole rings is 2. The molecular formula is C24H25N5O4S2. The quantitative estimate of drug-likeness (QED) is 0.264. The van der Waals surface area contributed by atoms with Crippen molar-refractivity contribution in [2.75, 3.05) is 37.7 Å². The third kappa shape index (κ3) is 5.31. The van der Waals surface area contributed by atoms with Crippen molar-refractivity contribution in [2.45, 2.75) is 13.3 Å². The normalized spacial score (nSPS) is 10.6. The van der Waals surface area contributed by atoms with E-state index in [1.54, 1.807) is 33.5 Å². The molecule has 0 aliphatic heterocycles. The molecule has 9 nitrogen and oxygen atoms in total. The Labute approximate surface area is 210 Å². The van der Waals surface area contributed by atoms with E-state index in [9.17, 15) is 4.79 Å². The maximum atomic E-state index is 11.7. The van der Waals surface area contributed by atoms with Crippen LogP contribution in [0.15, 0.2) is 41.8 Å². The van der Waals surface area contributed by atoms with E-state index in [1.165, 1.54) is 22.7 Å². The lowest BCUT2D eigenvalue weighted by Gasteiger charge is -2.14. The van der Waals surface area contributed by atoms with Gasteiger partial charge >= 0.3 is 0 Å². The first-order chi connectivity index (χ1) is 16.9. The van der Waals surface area contributed by atoms with Crippen molar-refractivity contribution in [1.82, 2.24) is 9.97 Å². The Balaban J connectivity index is 1.58. The first-order valence-corrected chi connectivity index (χ1v) is 12.3. The molecular weight excluding hydrogens is 486 g/mol. The Bertz CT molecular complexity index is 1330. The number of rotatable bonds is 9. The molecule has 2 aromatic carbocycles. The highest BCUT2D eigenvalue weighted by Gasteiger charge is 2.18. The average molecular weight is 512 g/mol. The van der Waals surface area contributed by atoms with Crippen LogP contribution in [0.4, 0.5) is 22.3 Å². The number of nitrogen functional groups attached to an aromatic ring is 1. The molecule has 4 N–H and O–H groups in total. The fourth-order valence-electron chi connectivity index (χ4n) is 3.33. The number of hydrogen-bond donors (Lipinski definition) is 3. The Kier molecular flexibility index (Phi) is 7.37. The SMILES string of the molecule is CCC(=O)Nc1cccc(-c2csc(-c3sc(Nc4cc(OC)c(OC)c(OC)c4)nc3N)n2)c1. The van der Waals surface area contributed by atoms with Crippen molar-refractivity contribution >= 4 is 50.9 Å². The molecule has 0 aliphatic carbocycles. The van der Waals surface area contributed by atoms with Gasteiger partial charge in [0.25, 0.3) is 0 Å². The first kappa shape index (κ1) is 24.3. The molecule has 0 aliphatic rings. The van der Waals surface area contributed by atoms with Gasteiger partial charge in [0, 0.05) is 40.9 Å². The van der Waals surface area contributed by atoms with Crippen LogP contribution in [0.5, 0.6) is 17.2 Å². The Morgan fingerprint density at radius 2 is 1.77 bits per heavy atom. The van der Waals surface area contributed by atoms with E-state index in [0.29, 0.717) is 40.3 Å². The van der Waals surface area contributed by atoms with Crippen LogP contribution in [0, 0.1) is 0 Å². The fraction of sp³-hybridized carbons (Fsp3) is 0.208. The lowest BCUT2D eigenvalue weighted by Crippen LogP contribution is -2.09. The zero-order valence-corrected chi connectivity index (χ0v) is 21.3. The van der Waals surface area contributed by atoms with Crippen LogP contribution in [0.1, 0.15) is 13.3 Å². The molecule has 0 saturated carbocycles. The molecule has 11 heteroatoms. The van der Waals surface area contributed by atoms with Crippen LogP contribution in [0.25, 0.3) is 21.1 Å². The molecule has 0 fully saturated rings. The van der Waals surface area contributed by atoms with Gasteiger partial charge in [0.15, 0.2) is 16.6 Å². The summed E-state index contributed by atoms with van der Waals surface area (Å²) in [7, 11) is 4.68. The van der Waals surface area contributed by atoms with Gasteiger partial charge in [0.2, 0.25) is 11.7 Å². The van der Waals surface area contributed by atoms with Gasteiger partial charge in [-0.1, -0.05) is 30.4 Å². The maximum Gasteiger partial charge on any atom is 0.224 e. The summed E-state index contributed by atoms with van der Waals surface area (Å²) in [6.45, 7) is 1.82. The Morgan fingerprint density at radius 1 is 1.03 bits per heavy atom. The van der Waals surface area contributed by atoms with Crippen molar-refractivity contribution in [2.24, 2.45) is 0 Å². The third-order valence-electron chi connectivity index (χ3n) is 5.03. The van der Waals surface area contributed by atoms with Gasteiger partial charge in [-0.25, -0.2) is 9.97 Å². The van der Waals surface area contributed by atoms with E-state index in [0.717, 1.165) is 26.8 Å². The minimum Gasteiger partial charge on any atom is -0.493 e. The van der Waals surface area contributed by atoms with Crippen molar-refractivity contribution in [3.63, 3.8) is 0 Å². The standard InChI is InChI=1S/C24H25N5O4S2/c1-5-19(30)26-14-8-6-7-13(9-14)16-12-34-23(28-16)21-22(25)29-24(35-21)27-15-10-17(31-2)20(33-4)18(11-15)32-3/h6-12H,5,25H2,1-4H3,(H,26,30)(H,27,29). The molecule has 182 valence electrons. The summed E-state index contributed by atoms with van der Waals surface area (Å²) in [6, 6.07) is 11.2. The molecule has 35 heavy (non-hydrogen) atoms. The van der Waals surface area contributed by atoms with Crippen LogP contribution < -0.4 is 30.6 Å². The van der Waals surface area contributed by atoms with E-state index in [4.69, 9.17) is 24.9 Å². The number of ether oxygens (including phenoxy) is 3. The summed E-state index contributed by atoms with van der Waals surface area (Å²) in [5, 5.41) is 9.45. The van der Waals surface area contributed by atoms with E-state index in [2.05, 4.69) is 15.6 Å². The molecule has 4 aromatic rings. The van der Waals surface area contributed by atoms with E-state index in [1.807, 2.05) is 36.6 Å². The highest BCUT2D eigenvalue weighted by atomic mass is 32.1. The van der Waals surface area contributed by atoms with Gasteiger partial charge in [0.1, 0.15) is 15.7 Å². The Morgan fingerprint density at radius 3 is 2.43 bits per heavy atom. The van der Waals surface area contributed by atoms with Crippen LogP contribution in [0.3, 0.4) is 0 Å². The summed E-state index contributed by atoms with van der Waals surface area (Å²) in [6.07, 6.45) is 0.419. The highest BCUT2D eigenvalue weighted by Crippen LogP contribution is 2.43. The number of carbonyl (C=O) groups excluding carboxylic acids is 1. The van der Waals surface area contributed by atoms with Gasteiger partial charge in [-0.15, -0.1) is 11.3 Å². The molecule has 2 heterocycles. The number of amides is 1. The van der Waals surface area contributed by atoms with Crippen molar-refractivity contribution < 1.29 is 19.0 Å². The molecule has 0 spiro atoms. The number of aromatic nitrogens is 2.